The molecule has 64 heavy (non-hydrogen) atoms. The second-order valence-electron chi connectivity index (χ2n) is 17.6. The predicted molar refractivity (Wildman–Crippen MR) is 270 cm³/mol. The molecule has 0 radical (unpaired) electrons. The molecule has 4 aliphatic rings. The Morgan fingerprint density at radius 2 is 1.05 bits per heavy atom. The van der Waals surface area contributed by atoms with Crippen LogP contribution in [-0.2, 0) is 5.41 Å². The van der Waals surface area contributed by atoms with Crippen molar-refractivity contribution in [3.05, 3.63) is 239 Å². The van der Waals surface area contributed by atoms with Gasteiger partial charge in [-0.3, -0.25) is 0 Å². The van der Waals surface area contributed by atoms with Crippen molar-refractivity contribution in [2.24, 2.45) is 0 Å². The van der Waals surface area contributed by atoms with Crippen LogP contribution in [0.15, 0.2) is 200 Å². The smallest absolute Gasteiger partial charge is 0.0725 e. The van der Waals surface area contributed by atoms with Crippen molar-refractivity contribution in [1.29, 1.82) is 0 Å². The van der Waals surface area contributed by atoms with Gasteiger partial charge >= 0.3 is 0 Å². The van der Waals surface area contributed by atoms with Crippen molar-refractivity contribution in [2.75, 3.05) is 16.8 Å². The van der Waals surface area contributed by atoms with Gasteiger partial charge < -0.3 is 10.2 Å². The average molecular weight is 817 g/mol. The lowest BCUT2D eigenvalue weighted by molar-refractivity contribution is 0.794. The Kier molecular flexibility index (Phi) is 8.05. The fourth-order valence-corrected chi connectivity index (χ4v) is 11.5. The van der Waals surface area contributed by atoms with Crippen LogP contribution in [0.5, 0.6) is 0 Å². The van der Waals surface area contributed by atoms with E-state index in [0.717, 1.165) is 17.9 Å². The van der Waals surface area contributed by atoms with E-state index in [1.165, 1.54) is 117 Å². The van der Waals surface area contributed by atoms with Crippen molar-refractivity contribution in [2.45, 2.75) is 19.3 Å². The summed E-state index contributed by atoms with van der Waals surface area (Å²) in [6.07, 6.45) is 8.80. The topological polar surface area (TPSA) is 15.3 Å². The number of nitrogens with zero attached hydrogens (tertiary/aromatic N) is 1. The zero-order valence-electron chi connectivity index (χ0n) is 35.9. The van der Waals surface area contributed by atoms with E-state index < -0.39 is 5.41 Å². The van der Waals surface area contributed by atoms with E-state index in [-0.39, 0.29) is 0 Å². The number of hydrogen-bond donors (Lipinski definition) is 1. The van der Waals surface area contributed by atoms with Gasteiger partial charge in [-0.15, -0.1) is 0 Å². The first-order valence-corrected chi connectivity index (χ1v) is 22.5. The molecular formula is C62H44N2. The zero-order chi connectivity index (χ0) is 42.5. The molecule has 13 rings (SSSR count). The quantitative estimate of drug-likeness (QED) is 0.190. The normalized spacial score (nSPS) is 14.1. The van der Waals surface area contributed by atoms with Crippen molar-refractivity contribution >= 4 is 34.9 Å². The summed E-state index contributed by atoms with van der Waals surface area (Å²) in [6, 6.07) is 71.2. The Bertz CT molecular complexity index is 3430. The number of rotatable bonds is 4. The number of fused-ring (bicyclic) bond motifs is 16. The molecule has 9 aromatic rings. The maximum atomic E-state index is 3.51. The summed E-state index contributed by atoms with van der Waals surface area (Å²) in [7, 11) is 0. The van der Waals surface area contributed by atoms with E-state index in [1.807, 2.05) is 0 Å². The van der Waals surface area contributed by atoms with Gasteiger partial charge in [0.2, 0.25) is 0 Å². The van der Waals surface area contributed by atoms with Gasteiger partial charge in [0, 0.05) is 29.0 Å². The summed E-state index contributed by atoms with van der Waals surface area (Å²) >= 11 is 0. The fraction of sp³-hybridized carbons (Fsp3) is 0.0645. The van der Waals surface area contributed by atoms with Crippen LogP contribution in [0.4, 0.5) is 22.7 Å². The summed E-state index contributed by atoms with van der Waals surface area (Å²) in [5.41, 5.74) is 28.3. The van der Waals surface area contributed by atoms with Gasteiger partial charge in [0.25, 0.3) is 0 Å². The molecule has 1 N–H and O–H groups in total. The van der Waals surface area contributed by atoms with Crippen LogP contribution in [0.3, 0.4) is 0 Å². The Morgan fingerprint density at radius 3 is 1.75 bits per heavy atom. The Morgan fingerprint density at radius 1 is 0.469 bits per heavy atom. The summed E-state index contributed by atoms with van der Waals surface area (Å²) in [5.74, 6) is 0. The molecule has 2 nitrogen and oxygen atoms in total. The van der Waals surface area contributed by atoms with E-state index in [9.17, 15) is 0 Å². The first-order chi connectivity index (χ1) is 31.6. The maximum absolute atomic E-state index is 3.51. The standard InChI is InChI=1S/C62H44N2/c1-3-14-40-38-61-53(33-39(40)2)47-18-4-5-19-48(47)54-36-43(28-31-60(54)64(61)46-17-12-15-41(35-46)42-27-30-59-45(34-42)16-13-32-63-59)44-26-29-52-51-22-8-11-25-57(51)62(58(52)37-44)55-23-9-6-20-49(55)50-21-7-10-24-56(50)62/h3-31,33-38,63H,32H2,1-2H3/b14-3-. The van der Waals surface area contributed by atoms with Gasteiger partial charge in [0.1, 0.15) is 0 Å². The minimum atomic E-state index is -0.399. The molecule has 0 atom stereocenters. The lowest BCUT2D eigenvalue weighted by Gasteiger charge is -2.31. The molecule has 9 aromatic carbocycles. The summed E-state index contributed by atoms with van der Waals surface area (Å²) in [4.78, 5) is 2.50. The van der Waals surface area contributed by atoms with Crippen molar-refractivity contribution in [3.63, 3.8) is 0 Å². The number of allylic oxidation sites excluding steroid dienone is 1. The first-order valence-electron chi connectivity index (χ1n) is 22.5. The van der Waals surface area contributed by atoms with Gasteiger partial charge in [0.05, 0.1) is 16.8 Å². The van der Waals surface area contributed by atoms with Crippen molar-refractivity contribution in [3.8, 4) is 66.8 Å². The molecular weight excluding hydrogens is 773 g/mol. The highest BCUT2D eigenvalue weighted by atomic mass is 15.1. The van der Waals surface area contributed by atoms with Gasteiger partial charge in [-0.25, -0.2) is 0 Å². The van der Waals surface area contributed by atoms with Crippen LogP contribution in [0, 0.1) is 6.92 Å². The van der Waals surface area contributed by atoms with E-state index >= 15 is 0 Å². The van der Waals surface area contributed by atoms with Crippen LogP contribution in [0.2, 0.25) is 0 Å². The van der Waals surface area contributed by atoms with Gasteiger partial charge in [0.15, 0.2) is 0 Å². The van der Waals surface area contributed by atoms with Crippen molar-refractivity contribution in [1.82, 2.24) is 0 Å². The zero-order valence-corrected chi connectivity index (χ0v) is 35.9. The highest BCUT2D eigenvalue weighted by Gasteiger charge is 2.51. The van der Waals surface area contributed by atoms with E-state index in [1.54, 1.807) is 0 Å². The SMILES string of the molecule is C/C=C\c1cc2c(cc1C)-c1ccccc1-c1cc(-c3ccc4c(c3)C3(c5ccccc5-c5ccccc53)c3ccccc3-4)ccc1N2c1cccc(-c2ccc3c(c2)C=CCN3)c1. The third kappa shape index (κ3) is 5.20. The van der Waals surface area contributed by atoms with Gasteiger partial charge in [-0.05, 0) is 163 Å². The first kappa shape index (κ1) is 36.7. The van der Waals surface area contributed by atoms with Crippen LogP contribution in [-0.4, -0.2) is 6.54 Å². The number of nitrogens with one attached hydrogen (secondary N) is 1. The lowest BCUT2D eigenvalue weighted by Crippen LogP contribution is -2.25. The molecule has 1 spiro atoms. The molecule has 2 aliphatic heterocycles. The monoisotopic (exact) mass is 816 g/mol. The Labute approximate surface area is 375 Å². The molecule has 0 amide bonds. The predicted octanol–water partition coefficient (Wildman–Crippen LogP) is 16.3. The number of hydrogen-bond acceptors (Lipinski definition) is 2. The summed E-state index contributed by atoms with van der Waals surface area (Å²) in [6.45, 7) is 5.20. The Balaban J connectivity index is 1.03. The summed E-state index contributed by atoms with van der Waals surface area (Å²) in [5, 5.41) is 3.51. The molecule has 0 aromatic heterocycles. The third-order valence-electron chi connectivity index (χ3n) is 14.2. The molecule has 0 saturated carbocycles. The highest BCUT2D eigenvalue weighted by molar-refractivity contribution is 6.05. The van der Waals surface area contributed by atoms with E-state index in [0.29, 0.717) is 0 Å². The van der Waals surface area contributed by atoms with Crippen LogP contribution >= 0.6 is 0 Å². The molecule has 0 bridgehead atoms. The molecule has 302 valence electrons. The molecule has 0 unspecified atom stereocenters. The van der Waals surface area contributed by atoms with Crippen LogP contribution in [0.1, 0.15) is 45.9 Å². The molecule has 2 heteroatoms. The second kappa shape index (κ2) is 14.0. The molecule has 2 heterocycles. The van der Waals surface area contributed by atoms with E-state index in [4.69, 9.17) is 0 Å². The third-order valence-corrected chi connectivity index (χ3v) is 14.2. The Hall–Kier alpha value is -7.94. The molecule has 0 saturated heterocycles. The minimum absolute atomic E-state index is 0.399. The largest absolute Gasteiger partial charge is 0.381 e. The number of benzene rings is 9. The van der Waals surface area contributed by atoms with Crippen LogP contribution in [0.25, 0.3) is 78.9 Å². The lowest BCUT2D eigenvalue weighted by atomic mass is 9.70. The number of anilines is 4. The van der Waals surface area contributed by atoms with Crippen molar-refractivity contribution < 1.29 is 0 Å². The maximum Gasteiger partial charge on any atom is 0.0725 e. The number of aryl methyl sites for hydroxylation is 1. The van der Waals surface area contributed by atoms with Gasteiger partial charge in [-0.2, -0.15) is 0 Å². The van der Waals surface area contributed by atoms with E-state index in [2.05, 4.69) is 236 Å². The summed E-state index contributed by atoms with van der Waals surface area (Å²) < 4.78 is 0. The average Bonchev–Trinajstić information content (AvgIpc) is 3.78. The van der Waals surface area contributed by atoms with Gasteiger partial charge in [-0.1, -0.05) is 158 Å². The molecule has 0 fully saturated rings. The fourth-order valence-electron chi connectivity index (χ4n) is 11.5. The van der Waals surface area contributed by atoms with Crippen LogP contribution < -0.4 is 10.2 Å². The molecule has 2 aliphatic carbocycles. The minimum Gasteiger partial charge on any atom is -0.381 e. The highest BCUT2D eigenvalue weighted by Crippen LogP contribution is 2.63. The second-order valence-corrected chi connectivity index (χ2v) is 17.6.